The second-order valence-electron chi connectivity index (χ2n) is 5.47. The summed E-state index contributed by atoms with van der Waals surface area (Å²) in [5, 5.41) is 7.18. The first-order chi connectivity index (χ1) is 12.3. The lowest BCUT2D eigenvalue weighted by Gasteiger charge is -2.04. The third kappa shape index (κ3) is 2.88. The van der Waals surface area contributed by atoms with Gasteiger partial charge in [0.2, 0.25) is 5.13 Å². The number of nitrogen functional groups attached to an aromatic ring is 1. The van der Waals surface area contributed by atoms with Crippen molar-refractivity contribution >= 4 is 17.2 Å². The van der Waals surface area contributed by atoms with Crippen LogP contribution in [0.1, 0.15) is 0 Å². The first-order valence-electron chi connectivity index (χ1n) is 7.75. The van der Waals surface area contributed by atoms with E-state index in [2.05, 4.69) is 10.1 Å². The molecule has 2 aromatic heterocycles. The van der Waals surface area contributed by atoms with Crippen LogP contribution in [0.15, 0.2) is 66.2 Å². The van der Waals surface area contributed by atoms with Crippen LogP contribution in [0.5, 0.6) is 5.75 Å². The lowest BCUT2D eigenvalue weighted by molar-refractivity contribution is 0.415. The Morgan fingerprint density at radius 1 is 1.00 bits per heavy atom. The van der Waals surface area contributed by atoms with Crippen molar-refractivity contribution in [2.75, 3.05) is 12.8 Å². The van der Waals surface area contributed by atoms with E-state index in [4.69, 9.17) is 10.5 Å². The van der Waals surface area contributed by atoms with Crippen molar-refractivity contribution in [3.8, 4) is 33.3 Å². The van der Waals surface area contributed by atoms with Crippen LogP contribution >= 0.6 is 11.3 Å². The Labute approximate surface area is 149 Å². The van der Waals surface area contributed by atoms with E-state index in [9.17, 15) is 0 Å². The maximum atomic E-state index is 6.32. The van der Waals surface area contributed by atoms with Crippen molar-refractivity contribution in [2.45, 2.75) is 0 Å². The Hall–Kier alpha value is -3.12. The zero-order valence-corrected chi connectivity index (χ0v) is 14.4. The zero-order chi connectivity index (χ0) is 17.2. The predicted octanol–water partition coefficient (Wildman–Crippen LogP) is 4.25. The van der Waals surface area contributed by atoms with E-state index < -0.39 is 0 Å². The second-order valence-corrected chi connectivity index (χ2v) is 6.30. The van der Waals surface area contributed by atoms with Gasteiger partial charge in [-0.3, -0.25) is 0 Å². The molecule has 4 aromatic rings. The summed E-state index contributed by atoms with van der Waals surface area (Å²) in [7, 11) is 1.65. The van der Waals surface area contributed by atoms with Gasteiger partial charge in [-0.15, -0.1) is 11.3 Å². The van der Waals surface area contributed by atoms with E-state index in [1.807, 2.05) is 60.0 Å². The van der Waals surface area contributed by atoms with Gasteiger partial charge >= 0.3 is 0 Å². The fraction of sp³-hybridized carbons (Fsp3) is 0.0526. The number of benzene rings is 2. The van der Waals surface area contributed by atoms with E-state index in [0.717, 1.165) is 33.3 Å². The van der Waals surface area contributed by atoms with Gasteiger partial charge in [0, 0.05) is 16.5 Å². The number of nitrogens with zero attached hydrogens (tertiary/aromatic N) is 3. The van der Waals surface area contributed by atoms with E-state index in [1.54, 1.807) is 18.0 Å². The largest absolute Gasteiger partial charge is 0.497 e. The SMILES string of the molecule is COc1ccc(-c2cnn(-c3nc(-c4ccccc4)cs3)c2N)cc1. The van der Waals surface area contributed by atoms with Gasteiger partial charge in [-0.2, -0.15) is 9.78 Å². The van der Waals surface area contributed by atoms with Crippen molar-refractivity contribution in [1.29, 1.82) is 0 Å². The van der Waals surface area contributed by atoms with Crippen LogP contribution in [-0.4, -0.2) is 21.9 Å². The van der Waals surface area contributed by atoms with Crippen molar-refractivity contribution in [2.24, 2.45) is 0 Å². The van der Waals surface area contributed by atoms with Crippen LogP contribution in [0.4, 0.5) is 5.82 Å². The molecule has 0 bridgehead atoms. The van der Waals surface area contributed by atoms with E-state index in [1.165, 1.54) is 11.3 Å². The molecule has 0 aliphatic rings. The fourth-order valence-corrected chi connectivity index (χ4v) is 3.41. The number of hydrogen-bond acceptors (Lipinski definition) is 5. The molecule has 0 fully saturated rings. The molecule has 2 N–H and O–H groups in total. The highest BCUT2D eigenvalue weighted by atomic mass is 32.1. The minimum absolute atomic E-state index is 0.569. The predicted molar refractivity (Wildman–Crippen MR) is 101 cm³/mol. The molecule has 25 heavy (non-hydrogen) atoms. The normalized spacial score (nSPS) is 10.8. The number of anilines is 1. The average molecular weight is 348 g/mol. The molecule has 124 valence electrons. The minimum Gasteiger partial charge on any atom is -0.497 e. The van der Waals surface area contributed by atoms with Crippen molar-refractivity contribution in [3.05, 3.63) is 66.2 Å². The fourth-order valence-electron chi connectivity index (χ4n) is 2.61. The molecule has 5 nitrogen and oxygen atoms in total. The molecule has 0 amide bonds. The van der Waals surface area contributed by atoms with E-state index in [-0.39, 0.29) is 0 Å². The highest BCUT2D eigenvalue weighted by Gasteiger charge is 2.14. The van der Waals surface area contributed by atoms with Gasteiger partial charge in [-0.25, -0.2) is 4.98 Å². The molecule has 2 heterocycles. The smallest absolute Gasteiger partial charge is 0.212 e. The number of rotatable bonds is 4. The Morgan fingerprint density at radius 2 is 1.76 bits per heavy atom. The first-order valence-corrected chi connectivity index (χ1v) is 8.63. The van der Waals surface area contributed by atoms with Gasteiger partial charge < -0.3 is 10.5 Å². The molecule has 0 atom stereocenters. The van der Waals surface area contributed by atoms with Crippen LogP contribution in [-0.2, 0) is 0 Å². The van der Waals surface area contributed by atoms with Gasteiger partial charge in [0.15, 0.2) is 0 Å². The van der Waals surface area contributed by atoms with E-state index >= 15 is 0 Å². The molecule has 0 aliphatic heterocycles. The minimum atomic E-state index is 0.569. The zero-order valence-electron chi connectivity index (χ0n) is 13.6. The molecule has 2 aromatic carbocycles. The van der Waals surface area contributed by atoms with Crippen molar-refractivity contribution in [1.82, 2.24) is 14.8 Å². The summed E-state index contributed by atoms with van der Waals surface area (Å²) in [5.41, 5.74) is 10.2. The number of thiazole rings is 1. The molecule has 0 unspecified atom stereocenters. The second kappa shape index (κ2) is 6.41. The molecule has 0 radical (unpaired) electrons. The summed E-state index contributed by atoms with van der Waals surface area (Å²) in [4.78, 5) is 4.66. The monoisotopic (exact) mass is 348 g/mol. The Bertz CT molecular complexity index is 990. The highest BCUT2D eigenvalue weighted by molar-refractivity contribution is 7.12. The quantitative estimate of drug-likeness (QED) is 0.599. The Morgan fingerprint density at radius 3 is 2.48 bits per heavy atom. The Kier molecular flexibility index (Phi) is 3.95. The Balaban J connectivity index is 1.68. The molecular weight excluding hydrogens is 332 g/mol. The maximum Gasteiger partial charge on any atom is 0.212 e. The third-order valence-corrected chi connectivity index (χ3v) is 4.77. The number of methoxy groups -OCH3 is 1. The van der Waals surface area contributed by atoms with Crippen LogP contribution in [0.25, 0.3) is 27.5 Å². The summed E-state index contributed by atoms with van der Waals surface area (Å²) < 4.78 is 6.87. The highest BCUT2D eigenvalue weighted by Crippen LogP contribution is 2.31. The maximum absolute atomic E-state index is 6.32. The molecular formula is C19H16N4OS. The van der Waals surface area contributed by atoms with Gasteiger partial charge in [0.05, 0.1) is 19.0 Å². The van der Waals surface area contributed by atoms with Crippen molar-refractivity contribution in [3.63, 3.8) is 0 Å². The number of ether oxygens (including phenoxy) is 1. The van der Waals surface area contributed by atoms with Crippen LogP contribution in [0, 0.1) is 0 Å². The molecule has 0 saturated heterocycles. The van der Waals surface area contributed by atoms with Crippen LogP contribution in [0.2, 0.25) is 0 Å². The first kappa shape index (κ1) is 15.4. The van der Waals surface area contributed by atoms with Gasteiger partial charge in [-0.05, 0) is 17.7 Å². The standard InChI is InChI=1S/C19H16N4OS/c1-24-15-9-7-13(8-10-15)16-11-21-23(18(16)20)19-22-17(12-25-19)14-5-3-2-4-6-14/h2-12H,20H2,1H3. The molecule has 4 rings (SSSR count). The average Bonchev–Trinajstić information content (AvgIpc) is 3.29. The summed E-state index contributed by atoms with van der Waals surface area (Å²) >= 11 is 1.52. The summed E-state index contributed by atoms with van der Waals surface area (Å²) in [6.07, 6.45) is 1.76. The topological polar surface area (TPSA) is 66.0 Å². The summed E-state index contributed by atoms with van der Waals surface area (Å²) in [6.45, 7) is 0. The van der Waals surface area contributed by atoms with Gasteiger partial charge in [-0.1, -0.05) is 42.5 Å². The van der Waals surface area contributed by atoms with Crippen LogP contribution < -0.4 is 10.5 Å². The van der Waals surface area contributed by atoms with Crippen molar-refractivity contribution < 1.29 is 4.74 Å². The summed E-state index contributed by atoms with van der Waals surface area (Å²) in [5.74, 6) is 1.38. The molecule has 0 aliphatic carbocycles. The lowest BCUT2D eigenvalue weighted by atomic mass is 10.1. The van der Waals surface area contributed by atoms with E-state index in [0.29, 0.717) is 5.82 Å². The lowest BCUT2D eigenvalue weighted by Crippen LogP contribution is -2.01. The molecule has 0 saturated carbocycles. The number of aromatic nitrogens is 3. The molecule has 0 spiro atoms. The van der Waals surface area contributed by atoms with Gasteiger partial charge in [0.25, 0.3) is 0 Å². The number of nitrogens with two attached hydrogens (primary N) is 1. The third-order valence-electron chi connectivity index (χ3n) is 3.95. The van der Waals surface area contributed by atoms with Crippen LogP contribution in [0.3, 0.4) is 0 Å². The molecule has 6 heteroatoms. The number of hydrogen-bond donors (Lipinski definition) is 1. The van der Waals surface area contributed by atoms with Gasteiger partial charge in [0.1, 0.15) is 11.6 Å². The summed E-state index contributed by atoms with van der Waals surface area (Å²) in [6, 6.07) is 17.8.